The second-order valence-corrected chi connectivity index (χ2v) is 4.86. The van der Waals surface area contributed by atoms with Crippen molar-refractivity contribution in [3.63, 3.8) is 0 Å². The zero-order valence-corrected chi connectivity index (χ0v) is 11.9. The van der Waals surface area contributed by atoms with Gasteiger partial charge in [-0.05, 0) is 32.0 Å². The molecule has 0 unspecified atom stereocenters. The Morgan fingerprint density at radius 1 is 1.50 bits per heavy atom. The van der Waals surface area contributed by atoms with Gasteiger partial charge in [0.05, 0.1) is 5.56 Å². The monoisotopic (exact) mass is 268 g/mol. The van der Waals surface area contributed by atoms with E-state index in [1.54, 1.807) is 0 Å². The van der Waals surface area contributed by atoms with Crippen LogP contribution in [0.1, 0.15) is 17.3 Å². The Kier molecular flexibility index (Phi) is 6.01. The van der Waals surface area contributed by atoms with E-state index in [4.69, 9.17) is 0 Å². The number of carbonyl (C=O) groups is 1. The van der Waals surface area contributed by atoms with Gasteiger partial charge in [-0.3, -0.25) is 0 Å². The Hall–Kier alpha value is -1.20. The quantitative estimate of drug-likeness (QED) is 0.744. The van der Waals surface area contributed by atoms with Gasteiger partial charge in [-0.25, -0.2) is 4.79 Å². The van der Waals surface area contributed by atoms with Crippen molar-refractivity contribution in [2.75, 3.05) is 38.3 Å². The molecular formula is C13H20N2O2S. The summed E-state index contributed by atoms with van der Waals surface area (Å²) in [5.74, 6) is -0.883. The van der Waals surface area contributed by atoms with Gasteiger partial charge in [0.15, 0.2) is 0 Å². The molecule has 2 N–H and O–H groups in total. The third-order valence-electron chi connectivity index (χ3n) is 2.81. The molecule has 0 aliphatic carbocycles. The molecule has 0 aromatic heterocycles. The molecule has 1 aromatic carbocycles. The second-order valence-electron chi connectivity index (χ2n) is 4.01. The predicted molar refractivity (Wildman–Crippen MR) is 76.8 cm³/mol. The number of carboxylic acid groups (broad SMARTS) is 1. The van der Waals surface area contributed by atoms with E-state index in [1.807, 2.05) is 31.5 Å². The van der Waals surface area contributed by atoms with E-state index in [0.717, 1.165) is 24.5 Å². The number of hydrogen-bond donors (Lipinski definition) is 2. The summed E-state index contributed by atoms with van der Waals surface area (Å²) >= 11 is 1.45. The van der Waals surface area contributed by atoms with Crippen LogP contribution in [0.15, 0.2) is 23.1 Å². The third kappa shape index (κ3) is 3.92. The molecule has 0 amide bonds. The summed E-state index contributed by atoms with van der Waals surface area (Å²) in [6.07, 6.45) is 1.89. The predicted octanol–water partition coefficient (Wildman–Crippen LogP) is 2.47. The molecule has 4 nitrogen and oxygen atoms in total. The maximum Gasteiger partial charge on any atom is 0.338 e. The average molecular weight is 268 g/mol. The van der Waals surface area contributed by atoms with Crippen LogP contribution < -0.4 is 5.32 Å². The lowest BCUT2D eigenvalue weighted by Gasteiger charge is -2.16. The van der Waals surface area contributed by atoms with Gasteiger partial charge in [0.2, 0.25) is 0 Å². The molecule has 0 bridgehead atoms. The van der Waals surface area contributed by atoms with Crippen LogP contribution in [0.3, 0.4) is 0 Å². The first-order valence-corrected chi connectivity index (χ1v) is 7.15. The first kappa shape index (κ1) is 14.9. The van der Waals surface area contributed by atoms with Crippen molar-refractivity contribution in [3.05, 3.63) is 23.8 Å². The molecule has 0 saturated heterocycles. The van der Waals surface area contributed by atoms with Crippen molar-refractivity contribution in [3.8, 4) is 0 Å². The van der Waals surface area contributed by atoms with Crippen LogP contribution >= 0.6 is 11.8 Å². The molecule has 0 radical (unpaired) electrons. The summed E-state index contributed by atoms with van der Waals surface area (Å²) < 4.78 is 0. The minimum atomic E-state index is -0.883. The van der Waals surface area contributed by atoms with E-state index < -0.39 is 5.97 Å². The standard InChI is InChI=1S/C13H20N2O2S/c1-4-15(2)9-8-14-10-6-5-7-11(18-3)12(10)13(16)17/h5-7,14H,4,8-9H2,1-3H3,(H,16,17). The Morgan fingerprint density at radius 2 is 2.22 bits per heavy atom. The topological polar surface area (TPSA) is 52.6 Å². The van der Waals surface area contributed by atoms with Gasteiger partial charge in [0.1, 0.15) is 0 Å². The van der Waals surface area contributed by atoms with E-state index in [0.29, 0.717) is 11.3 Å². The highest BCUT2D eigenvalue weighted by molar-refractivity contribution is 7.98. The van der Waals surface area contributed by atoms with Crippen molar-refractivity contribution >= 4 is 23.4 Å². The molecule has 0 atom stereocenters. The molecule has 0 fully saturated rings. The highest BCUT2D eigenvalue weighted by Gasteiger charge is 2.14. The van der Waals surface area contributed by atoms with Crippen molar-refractivity contribution < 1.29 is 9.90 Å². The van der Waals surface area contributed by atoms with E-state index in [9.17, 15) is 9.90 Å². The molecule has 100 valence electrons. The number of anilines is 1. The number of carboxylic acids is 1. The van der Waals surface area contributed by atoms with E-state index in [-0.39, 0.29) is 0 Å². The zero-order chi connectivity index (χ0) is 13.5. The number of likely N-dealkylation sites (N-methyl/N-ethyl adjacent to an activating group) is 1. The normalized spacial score (nSPS) is 10.7. The van der Waals surface area contributed by atoms with Gasteiger partial charge in [0.25, 0.3) is 0 Å². The Morgan fingerprint density at radius 3 is 2.78 bits per heavy atom. The van der Waals surface area contributed by atoms with Gasteiger partial charge < -0.3 is 15.3 Å². The van der Waals surface area contributed by atoms with Gasteiger partial charge >= 0.3 is 5.97 Å². The van der Waals surface area contributed by atoms with Crippen LogP contribution in [0.2, 0.25) is 0 Å². The summed E-state index contributed by atoms with van der Waals surface area (Å²) in [5, 5.41) is 12.5. The summed E-state index contributed by atoms with van der Waals surface area (Å²) in [7, 11) is 2.04. The molecule has 0 aliphatic heterocycles. The maximum absolute atomic E-state index is 11.3. The summed E-state index contributed by atoms with van der Waals surface area (Å²) in [4.78, 5) is 14.3. The highest BCUT2D eigenvalue weighted by Crippen LogP contribution is 2.26. The van der Waals surface area contributed by atoms with Crippen LogP contribution in [0.25, 0.3) is 0 Å². The fraction of sp³-hybridized carbons (Fsp3) is 0.462. The molecular weight excluding hydrogens is 248 g/mol. The molecule has 0 saturated carbocycles. The third-order valence-corrected chi connectivity index (χ3v) is 3.59. The van der Waals surface area contributed by atoms with Gasteiger partial charge in [-0.15, -0.1) is 11.8 Å². The largest absolute Gasteiger partial charge is 0.478 e. The van der Waals surface area contributed by atoms with Crippen LogP contribution in [0.5, 0.6) is 0 Å². The molecule has 0 heterocycles. The Bertz CT molecular complexity index is 410. The van der Waals surface area contributed by atoms with E-state index >= 15 is 0 Å². The van der Waals surface area contributed by atoms with Crippen LogP contribution in [-0.4, -0.2) is 48.9 Å². The van der Waals surface area contributed by atoms with E-state index in [2.05, 4.69) is 17.1 Å². The number of benzene rings is 1. The minimum absolute atomic E-state index is 0.365. The number of aromatic carboxylic acids is 1. The fourth-order valence-corrected chi connectivity index (χ4v) is 2.22. The number of nitrogens with one attached hydrogen (secondary N) is 1. The van der Waals surface area contributed by atoms with Crippen molar-refractivity contribution in [2.24, 2.45) is 0 Å². The molecule has 1 aromatic rings. The average Bonchev–Trinajstić information content (AvgIpc) is 2.37. The molecule has 18 heavy (non-hydrogen) atoms. The summed E-state index contributed by atoms with van der Waals surface area (Å²) in [6.45, 7) is 4.71. The molecule has 1 rings (SSSR count). The number of rotatable bonds is 7. The van der Waals surface area contributed by atoms with E-state index in [1.165, 1.54) is 11.8 Å². The number of hydrogen-bond acceptors (Lipinski definition) is 4. The highest BCUT2D eigenvalue weighted by atomic mass is 32.2. The SMILES string of the molecule is CCN(C)CCNc1cccc(SC)c1C(=O)O. The summed E-state index contributed by atoms with van der Waals surface area (Å²) in [6, 6.07) is 5.52. The number of nitrogens with zero attached hydrogens (tertiary/aromatic N) is 1. The first-order chi connectivity index (χ1) is 8.60. The number of thioether (sulfide) groups is 1. The maximum atomic E-state index is 11.3. The second kappa shape index (κ2) is 7.28. The van der Waals surface area contributed by atoms with Gasteiger partial charge in [-0.1, -0.05) is 13.0 Å². The molecule has 5 heteroatoms. The lowest BCUT2D eigenvalue weighted by atomic mass is 10.2. The molecule has 0 spiro atoms. The first-order valence-electron chi connectivity index (χ1n) is 5.92. The lowest BCUT2D eigenvalue weighted by Crippen LogP contribution is -2.25. The Balaban J connectivity index is 2.78. The minimum Gasteiger partial charge on any atom is -0.478 e. The lowest BCUT2D eigenvalue weighted by molar-refractivity contribution is 0.0694. The van der Waals surface area contributed by atoms with Crippen molar-refractivity contribution in [2.45, 2.75) is 11.8 Å². The van der Waals surface area contributed by atoms with Crippen LogP contribution in [-0.2, 0) is 0 Å². The van der Waals surface area contributed by atoms with Gasteiger partial charge in [-0.2, -0.15) is 0 Å². The van der Waals surface area contributed by atoms with Crippen LogP contribution in [0, 0.1) is 0 Å². The summed E-state index contributed by atoms with van der Waals surface area (Å²) in [5.41, 5.74) is 1.06. The fourth-order valence-electron chi connectivity index (χ4n) is 1.61. The van der Waals surface area contributed by atoms with Crippen LogP contribution in [0.4, 0.5) is 5.69 Å². The van der Waals surface area contributed by atoms with Gasteiger partial charge in [0, 0.05) is 23.7 Å². The smallest absolute Gasteiger partial charge is 0.338 e. The molecule has 0 aliphatic rings. The van der Waals surface area contributed by atoms with Crippen molar-refractivity contribution in [1.82, 2.24) is 4.90 Å². The Labute approximate surface area is 112 Å². The van der Waals surface area contributed by atoms with Crippen molar-refractivity contribution in [1.29, 1.82) is 0 Å². The zero-order valence-electron chi connectivity index (χ0n) is 11.1.